The van der Waals surface area contributed by atoms with Gasteiger partial charge in [0.1, 0.15) is 0 Å². The van der Waals surface area contributed by atoms with E-state index in [0.717, 1.165) is 26.1 Å². The van der Waals surface area contributed by atoms with E-state index in [1.165, 1.54) is 0 Å². The normalized spacial score (nSPS) is 27.1. The number of hydrogen-bond acceptors (Lipinski definition) is 3. The van der Waals surface area contributed by atoms with Crippen molar-refractivity contribution in [3.8, 4) is 0 Å². The van der Waals surface area contributed by atoms with Gasteiger partial charge < -0.3 is 10.0 Å². The first kappa shape index (κ1) is 10.5. The second-order valence-corrected chi connectivity index (χ2v) is 3.83. The van der Waals surface area contributed by atoms with Gasteiger partial charge in [-0.1, -0.05) is 0 Å². The molecule has 1 aliphatic heterocycles. The van der Waals surface area contributed by atoms with Gasteiger partial charge in [0.2, 0.25) is 0 Å². The van der Waals surface area contributed by atoms with Gasteiger partial charge in [0.25, 0.3) is 0 Å². The highest BCUT2D eigenvalue weighted by Crippen LogP contribution is 2.07. The van der Waals surface area contributed by atoms with E-state index in [4.69, 9.17) is 5.11 Å². The van der Waals surface area contributed by atoms with Gasteiger partial charge in [-0.2, -0.15) is 0 Å². The molecule has 0 aromatic heterocycles. The number of hydrogen-bond donors (Lipinski definition) is 1. The summed E-state index contributed by atoms with van der Waals surface area (Å²) in [5.41, 5.74) is 0. The maximum absolute atomic E-state index is 10.6. The smallest absolute Gasteiger partial charge is 0.317 e. The van der Waals surface area contributed by atoms with Gasteiger partial charge in [-0.15, -0.1) is 0 Å². The van der Waals surface area contributed by atoms with Crippen molar-refractivity contribution < 1.29 is 9.90 Å². The van der Waals surface area contributed by atoms with Gasteiger partial charge >= 0.3 is 5.97 Å². The highest BCUT2D eigenvalue weighted by molar-refractivity contribution is 5.69. The number of nitrogens with zero attached hydrogens (tertiary/aromatic N) is 2. The van der Waals surface area contributed by atoms with Gasteiger partial charge in [-0.25, -0.2) is 0 Å². The Kier molecular flexibility index (Phi) is 3.69. The molecule has 1 saturated heterocycles. The zero-order valence-corrected chi connectivity index (χ0v) is 8.36. The number of likely N-dealkylation sites (N-methyl/N-ethyl adjacent to an activating group) is 1. The van der Waals surface area contributed by atoms with E-state index in [1.807, 2.05) is 4.90 Å². The van der Waals surface area contributed by atoms with Crippen LogP contribution >= 0.6 is 0 Å². The fraction of sp³-hybridized carbons (Fsp3) is 0.889. The lowest BCUT2D eigenvalue weighted by molar-refractivity contribution is -0.138. The Morgan fingerprint density at radius 3 is 2.85 bits per heavy atom. The molecule has 0 bridgehead atoms. The van der Waals surface area contributed by atoms with E-state index in [1.54, 1.807) is 0 Å². The lowest BCUT2D eigenvalue weighted by atomic mass is 10.3. The molecule has 76 valence electrons. The second kappa shape index (κ2) is 4.58. The van der Waals surface area contributed by atoms with Crippen molar-refractivity contribution in [1.29, 1.82) is 0 Å². The van der Waals surface area contributed by atoms with Crippen molar-refractivity contribution in [2.24, 2.45) is 0 Å². The molecular formula is C9H18N2O2. The molecule has 0 aliphatic carbocycles. The van der Waals surface area contributed by atoms with Crippen LogP contribution in [0.1, 0.15) is 13.3 Å². The minimum Gasteiger partial charge on any atom is -0.480 e. The molecule has 4 nitrogen and oxygen atoms in total. The Morgan fingerprint density at radius 2 is 2.23 bits per heavy atom. The second-order valence-electron chi connectivity index (χ2n) is 3.83. The molecule has 1 fully saturated rings. The van der Waals surface area contributed by atoms with Gasteiger partial charge in [-0.05, 0) is 26.9 Å². The Hall–Kier alpha value is -0.610. The summed E-state index contributed by atoms with van der Waals surface area (Å²) in [6.07, 6.45) is 1.06. The van der Waals surface area contributed by atoms with Crippen LogP contribution < -0.4 is 0 Å². The summed E-state index contributed by atoms with van der Waals surface area (Å²) in [5.74, 6) is -0.726. The number of carboxylic acid groups (broad SMARTS) is 1. The average molecular weight is 186 g/mol. The first-order valence-corrected chi connectivity index (χ1v) is 4.74. The fourth-order valence-corrected chi connectivity index (χ4v) is 1.83. The van der Waals surface area contributed by atoms with Crippen molar-refractivity contribution in [3.05, 3.63) is 0 Å². The van der Waals surface area contributed by atoms with Crippen LogP contribution in [0.15, 0.2) is 0 Å². The fourth-order valence-electron chi connectivity index (χ4n) is 1.83. The Balaban J connectivity index is 2.48. The van der Waals surface area contributed by atoms with Gasteiger partial charge in [0.15, 0.2) is 0 Å². The molecule has 0 radical (unpaired) electrons. The van der Waals surface area contributed by atoms with Crippen LogP contribution in [-0.4, -0.2) is 60.1 Å². The number of carbonyl (C=O) groups is 1. The summed E-state index contributed by atoms with van der Waals surface area (Å²) in [7, 11) is 2.08. The molecule has 0 aromatic carbocycles. The Labute approximate surface area is 79.1 Å². The average Bonchev–Trinajstić information content (AvgIpc) is 2.13. The maximum Gasteiger partial charge on any atom is 0.317 e. The summed E-state index contributed by atoms with van der Waals surface area (Å²) in [6.45, 7) is 5.20. The van der Waals surface area contributed by atoms with E-state index >= 15 is 0 Å². The molecule has 0 aromatic rings. The topological polar surface area (TPSA) is 43.8 Å². The molecule has 0 saturated carbocycles. The van der Waals surface area contributed by atoms with Crippen LogP contribution in [-0.2, 0) is 4.79 Å². The van der Waals surface area contributed by atoms with Crippen molar-refractivity contribution in [1.82, 2.24) is 9.80 Å². The minimum absolute atomic E-state index is 0.176. The number of carboxylic acids is 1. The summed E-state index contributed by atoms with van der Waals surface area (Å²) in [4.78, 5) is 14.8. The summed E-state index contributed by atoms with van der Waals surface area (Å²) in [6, 6.07) is 0.351. The molecule has 1 aliphatic rings. The Bertz CT molecular complexity index is 184. The Morgan fingerprint density at radius 1 is 1.54 bits per heavy atom. The van der Waals surface area contributed by atoms with E-state index in [2.05, 4.69) is 18.9 Å². The van der Waals surface area contributed by atoms with Crippen molar-refractivity contribution in [3.63, 3.8) is 0 Å². The molecule has 1 N–H and O–H groups in total. The highest BCUT2D eigenvalue weighted by Gasteiger charge is 2.20. The third kappa shape index (κ3) is 3.32. The SMILES string of the molecule is CC1CN(C)CCCN1CC(=O)O. The molecule has 1 atom stereocenters. The predicted octanol–water partition coefficient (Wildman–Crippen LogP) is 0.0970. The van der Waals surface area contributed by atoms with Crippen LogP contribution in [0.3, 0.4) is 0 Å². The van der Waals surface area contributed by atoms with E-state index in [0.29, 0.717) is 6.04 Å². The van der Waals surface area contributed by atoms with E-state index < -0.39 is 5.97 Å². The largest absolute Gasteiger partial charge is 0.480 e. The van der Waals surface area contributed by atoms with Crippen LogP contribution in [0.4, 0.5) is 0 Å². The monoisotopic (exact) mass is 186 g/mol. The van der Waals surface area contributed by atoms with Crippen LogP contribution in [0.2, 0.25) is 0 Å². The first-order valence-electron chi connectivity index (χ1n) is 4.74. The van der Waals surface area contributed by atoms with Crippen LogP contribution in [0, 0.1) is 0 Å². The molecule has 4 heteroatoms. The predicted molar refractivity (Wildman–Crippen MR) is 50.8 cm³/mol. The summed E-state index contributed by atoms with van der Waals surface area (Å²) >= 11 is 0. The number of aliphatic carboxylic acids is 1. The van der Waals surface area contributed by atoms with Crippen LogP contribution in [0.5, 0.6) is 0 Å². The zero-order chi connectivity index (χ0) is 9.84. The lowest BCUT2D eigenvalue weighted by Gasteiger charge is -2.25. The van der Waals surface area contributed by atoms with Gasteiger partial charge in [0.05, 0.1) is 6.54 Å². The summed E-state index contributed by atoms with van der Waals surface area (Å²) in [5, 5.41) is 8.69. The van der Waals surface area contributed by atoms with Crippen molar-refractivity contribution >= 4 is 5.97 Å². The van der Waals surface area contributed by atoms with Crippen molar-refractivity contribution in [2.45, 2.75) is 19.4 Å². The zero-order valence-electron chi connectivity index (χ0n) is 8.36. The molecular weight excluding hydrogens is 168 g/mol. The molecule has 13 heavy (non-hydrogen) atoms. The van der Waals surface area contributed by atoms with Crippen LogP contribution in [0.25, 0.3) is 0 Å². The lowest BCUT2D eigenvalue weighted by Crippen LogP contribution is -2.40. The summed E-state index contributed by atoms with van der Waals surface area (Å²) < 4.78 is 0. The molecule has 1 unspecified atom stereocenters. The number of rotatable bonds is 2. The molecule has 0 amide bonds. The third-order valence-corrected chi connectivity index (χ3v) is 2.52. The molecule has 1 heterocycles. The van der Waals surface area contributed by atoms with E-state index in [9.17, 15) is 4.79 Å². The first-order chi connectivity index (χ1) is 6.09. The standard InChI is InChI=1S/C9H18N2O2/c1-8-6-10(2)4-3-5-11(8)7-9(12)13/h8H,3-7H2,1-2H3,(H,12,13). The van der Waals surface area contributed by atoms with Gasteiger partial charge in [-0.3, -0.25) is 9.69 Å². The highest BCUT2D eigenvalue weighted by atomic mass is 16.4. The third-order valence-electron chi connectivity index (χ3n) is 2.52. The maximum atomic E-state index is 10.6. The van der Waals surface area contributed by atoms with Crippen molar-refractivity contribution in [2.75, 3.05) is 33.2 Å². The van der Waals surface area contributed by atoms with E-state index in [-0.39, 0.29) is 6.54 Å². The quantitative estimate of drug-likeness (QED) is 0.664. The minimum atomic E-state index is -0.726. The molecule has 1 rings (SSSR count). The molecule has 0 spiro atoms. The van der Waals surface area contributed by atoms with Gasteiger partial charge in [0, 0.05) is 19.1 Å².